The maximum atomic E-state index is 5.67. The zero-order valence-corrected chi connectivity index (χ0v) is 12.7. The van der Waals surface area contributed by atoms with Crippen molar-refractivity contribution in [3.05, 3.63) is 42.7 Å². The van der Waals surface area contributed by atoms with Crippen LogP contribution in [0.15, 0.2) is 41.3 Å². The van der Waals surface area contributed by atoms with Crippen LogP contribution in [-0.2, 0) is 0 Å². The molecule has 0 amide bonds. The molecule has 0 radical (unpaired) electrons. The van der Waals surface area contributed by atoms with Gasteiger partial charge in [0.1, 0.15) is 5.82 Å². The lowest BCUT2D eigenvalue weighted by molar-refractivity contribution is 0.271. The monoisotopic (exact) mass is 310 g/mol. The molecule has 4 rings (SSSR count). The summed E-state index contributed by atoms with van der Waals surface area (Å²) in [6.07, 6.45) is 10.2. The average molecular weight is 310 g/mol. The number of anilines is 1. The first kappa shape index (κ1) is 13.9. The van der Waals surface area contributed by atoms with Crippen molar-refractivity contribution in [2.24, 2.45) is 0 Å². The standard InChI is InChI=1S/C16H18N6O/c17-13-7-8-18-14(19-13)15-20-16(23-21-15)11-3-5-12(6-4-11)22-9-1-2-10-22/h1-2,7-12H,3-6H2,(H2,17,18,19). The maximum Gasteiger partial charge on any atom is 0.240 e. The summed E-state index contributed by atoms with van der Waals surface area (Å²) in [7, 11) is 0. The first-order valence-electron chi connectivity index (χ1n) is 7.84. The van der Waals surface area contributed by atoms with Gasteiger partial charge in [-0.05, 0) is 43.9 Å². The Morgan fingerprint density at radius 2 is 1.83 bits per heavy atom. The predicted molar refractivity (Wildman–Crippen MR) is 84.4 cm³/mol. The van der Waals surface area contributed by atoms with E-state index in [1.54, 1.807) is 12.3 Å². The minimum absolute atomic E-state index is 0.309. The summed E-state index contributed by atoms with van der Waals surface area (Å²) in [6, 6.07) is 6.34. The highest BCUT2D eigenvalue weighted by molar-refractivity contribution is 5.45. The minimum Gasteiger partial charge on any atom is -0.384 e. The molecule has 0 bridgehead atoms. The molecule has 1 saturated carbocycles. The molecule has 3 heterocycles. The Balaban J connectivity index is 1.46. The van der Waals surface area contributed by atoms with Crippen molar-refractivity contribution in [3.63, 3.8) is 0 Å². The number of nitrogen functional groups attached to an aromatic ring is 1. The zero-order chi connectivity index (χ0) is 15.6. The summed E-state index contributed by atoms with van der Waals surface area (Å²) >= 11 is 0. The highest BCUT2D eigenvalue weighted by atomic mass is 16.5. The van der Waals surface area contributed by atoms with Gasteiger partial charge in [0.15, 0.2) is 0 Å². The fourth-order valence-corrected chi connectivity index (χ4v) is 3.18. The fraction of sp³-hybridized carbons (Fsp3) is 0.375. The van der Waals surface area contributed by atoms with E-state index in [9.17, 15) is 0 Å². The van der Waals surface area contributed by atoms with Gasteiger partial charge in [-0.15, -0.1) is 0 Å². The Morgan fingerprint density at radius 3 is 2.57 bits per heavy atom. The van der Waals surface area contributed by atoms with Crippen LogP contribution in [0.1, 0.15) is 43.5 Å². The van der Waals surface area contributed by atoms with Crippen LogP contribution in [0.3, 0.4) is 0 Å². The number of aromatic nitrogens is 5. The van der Waals surface area contributed by atoms with E-state index in [4.69, 9.17) is 10.3 Å². The van der Waals surface area contributed by atoms with Crippen LogP contribution < -0.4 is 5.73 Å². The number of hydrogen-bond donors (Lipinski definition) is 1. The van der Waals surface area contributed by atoms with Gasteiger partial charge in [-0.3, -0.25) is 0 Å². The second-order valence-electron chi connectivity index (χ2n) is 5.90. The largest absolute Gasteiger partial charge is 0.384 e. The summed E-state index contributed by atoms with van der Waals surface area (Å²) in [4.78, 5) is 12.7. The third-order valence-electron chi connectivity index (χ3n) is 4.41. The van der Waals surface area contributed by atoms with Gasteiger partial charge in [0.05, 0.1) is 0 Å². The maximum absolute atomic E-state index is 5.67. The third kappa shape index (κ3) is 2.81. The van der Waals surface area contributed by atoms with E-state index in [1.165, 1.54) is 0 Å². The Labute approximate surface area is 133 Å². The van der Waals surface area contributed by atoms with Gasteiger partial charge >= 0.3 is 0 Å². The van der Waals surface area contributed by atoms with Gasteiger partial charge in [0, 0.05) is 30.6 Å². The highest BCUT2D eigenvalue weighted by Gasteiger charge is 2.27. The van der Waals surface area contributed by atoms with Gasteiger partial charge < -0.3 is 14.8 Å². The number of nitrogens with two attached hydrogens (primary N) is 1. The van der Waals surface area contributed by atoms with Crippen LogP contribution in [0.25, 0.3) is 11.6 Å². The predicted octanol–water partition coefficient (Wildman–Crippen LogP) is 2.81. The molecule has 1 aliphatic carbocycles. The van der Waals surface area contributed by atoms with Gasteiger partial charge in [0.25, 0.3) is 0 Å². The van der Waals surface area contributed by atoms with Gasteiger partial charge in [-0.2, -0.15) is 4.98 Å². The summed E-state index contributed by atoms with van der Waals surface area (Å²) in [5.74, 6) is 2.19. The van der Waals surface area contributed by atoms with E-state index in [0.717, 1.165) is 25.7 Å². The van der Waals surface area contributed by atoms with E-state index in [2.05, 4.69) is 49.2 Å². The second kappa shape index (κ2) is 5.83. The number of hydrogen-bond acceptors (Lipinski definition) is 6. The molecule has 118 valence electrons. The van der Waals surface area contributed by atoms with Crippen LogP contribution in [0.2, 0.25) is 0 Å². The van der Waals surface area contributed by atoms with Gasteiger partial charge in [-0.25, -0.2) is 9.97 Å². The quantitative estimate of drug-likeness (QED) is 0.799. The summed E-state index contributed by atoms with van der Waals surface area (Å²) in [5.41, 5.74) is 5.67. The minimum atomic E-state index is 0.309. The molecule has 7 nitrogen and oxygen atoms in total. The topological polar surface area (TPSA) is 95.7 Å². The molecule has 0 unspecified atom stereocenters. The molecular formula is C16H18N6O. The Bertz CT molecular complexity index is 773. The Morgan fingerprint density at radius 1 is 1.04 bits per heavy atom. The third-order valence-corrected chi connectivity index (χ3v) is 4.41. The Kier molecular flexibility index (Phi) is 3.53. The lowest BCUT2D eigenvalue weighted by Crippen LogP contribution is -2.16. The lowest BCUT2D eigenvalue weighted by Gasteiger charge is -2.27. The molecule has 3 aromatic heterocycles. The number of nitrogens with zero attached hydrogens (tertiary/aromatic N) is 5. The molecule has 1 aliphatic rings. The van der Waals surface area contributed by atoms with Crippen molar-refractivity contribution < 1.29 is 4.52 Å². The molecule has 7 heteroatoms. The zero-order valence-electron chi connectivity index (χ0n) is 12.7. The van der Waals surface area contributed by atoms with Crippen molar-refractivity contribution in [1.82, 2.24) is 24.7 Å². The summed E-state index contributed by atoms with van der Waals surface area (Å²) < 4.78 is 7.72. The molecule has 1 fully saturated rings. The highest BCUT2D eigenvalue weighted by Crippen LogP contribution is 2.37. The van der Waals surface area contributed by atoms with Crippen molar-refractivity contribution in [2.45, 2.75) is 37.6 Å². The van der Waals surface area contributed by atoms with Crippen LogP contribution in [0.4, 0.5) is 5.82 Å². The van der Waals surface area contributed by atoms with Crippen molar-refractivity contribution >= 4 is 5.82 Å². The van der Waals surface area contributed by atoms with E-state index < -0.39 is 0 Å². The van der Waals surface area contributed by atoms with Crippen LogP contribution >= 0.6 is 0 Å². The molecule has 0 atom stereocenters. The van der Waals surface area contributed by atoms with E-state index in [0.29, 0.717) is 35.3 Å². The summed E-state index contributed by atoms with van der Waals surface area (Å²) in [6.45, 7) is 0. The van der Waals surface area contributed by atoms with Crippen molar-refractivity contribution in [2.75, 3.05) is 5.73 Å². The molecule has 0 aromatic carbocycles. The smallest absolute Gasteiger partial charge is 0.240 e. The Hall–Kier alpha value is -2.70. The van der Waals surface area contributed by atoms with Crippen LogP contribution in [0.5, 0.6) is 0 Å². The first-order chi connectivity index (χ1) is 11.3. The fourth-order valence-electron chi connectivity index (χ4n) is 3.18. The average Bonchev–Trinajstić information content (AvgIpc) is 3.27. The molecule has 2 N–H and O–H groups in total. The van der Waals surface area contributed by atoms with Gasteiger partial charge in [-0.1, -0.05) is 5.16 Å². The molecule has 3 aromatic rings. The lowest BCUT2D eigenvalue weighted by atomic mass is 9.86. The van der Waals surface area contributed by atoms with E-state index >= 15 is 0 Å². The SMILES string of the molecule is Nc1ccnc(-c2noc(C3CCC(n4cccc4)CC3)n2)n1. The van der Waals surface area contributed by atoms with Crippen molar-refractivity contribution in [3.8, 4) is 11.6 Å². The van der Waals surface area contributed by atoms with Crippen LogP contribution in [0, 0.1) is 0 Å². The second-order valence-corrected chi connectivity index (χ2v) is 5.90. The van der Waals surface area contributed by atoms with E-state index in [-0.39, 0.29) is 0 Å². The normalized spacial score (nSPS) is 21.4. The van der Waals surface area contributed by atoms with E-state index in [1.807, 2.05) is 0 Å². The molecular weight excluding hydrogens is 292 g/mol. The molecule has 0 spiro atoms. The summed E-state index contributed by atoms with van der Waals surface area (Å²) in [5, 5.41) is 4.00. The number of rotatable bonds is 3. The van der Waals surface area contributed by atoms with Crippen LogP contribution in [-0.4, -0.2) is 24.7 Å². The first-order valence-corrected chi connectivity index (χ1v) is 7.84. The molecule has 23 heavy (non-hydrogen) atoms. The molecule has 0 aliphatic heterocycles. The van der Waals surface area contributed by atoms with Gasteiger partial charge in [0.2, 0.25) is 17.5 Å². The molecule has 0 saturated heterocycles. The van der Waals surface area contributed by atoms with Crippen molar-refractivity contribution in [1.29, 1.82) is 0 Å².